The molecule has 1 aromatic carbocycles. The molecule has 30 heavy (non-hydrogen) atoms. The molecule has 0 aliphatic carbocycles. The molecule has 0 amide bonds. The predicted molar refractivity (Wildman–Crippen MR) is 117 cm³/mol. The van der Waals surface area contributed by atoms with E-state index in [0.717, 1.165) is 48.0 Å². The monoisotopic (exact) mass is 469 g/mol. The highest BCUT2D eigenvalue weighted by Gasteiger charge is 2.35. The van der Waals surface area contributed by atoms with Gasteiger partial charge in [-0.05, 0) is 30.9 Å². The first-order valence-electron chi connectivity index (χ1n) is 10.2. The number of halogens is 1. The molecule has 2 aliphatic heterocycles. The SMILES string of the molecule is CCCc1cc2c(c(=O)n1CC1CCCO1)C(c1ccccc1Br)C(C#N)=C(N)O2. The molecule has 7 heteroatoms. The minimum Gasteiger partial charge on any atom is -0.440 e. The number of benzene rings is 1. The molecule has 0 spiro atoms. The molecule has 2 atom stereocenters. The fourth-order valence-electron chi connectivity index (χ4n) is 4.29. The van der Waals surface area contributed by atoms with Crippen LogP contribution in [0, 0.1) is 11.3 Å². The molecule has 2 unspecified atom stereocenters. The maximum Gasteiger partial charge on any atom is 0.258 e. The van der Waals surface area contributed by atoms with Crippen molar-refractivity contribution in [2.75, 3.05) is 6.61 Å². The molecule has 6 nitrogen and oxygen atoms in total. The quantitative estimate of drug-likeness (QED) is 0.715. The molecule has 2 aromatic rings. The third-order valence-electron chi connectivity index (χ3n) is 5.70. The number of pyridine rings is 1. The van der Waals surface area contributed by atoms with E-state index in [1.165, 1.54) is 0 Å². The summed E-state index contributed by atoms with van der Waals surface area (Å²) >= 11 is 3.57. The highest BCUT2D eigenvalue weighted by molar-refractivity contribution is 9.10. The Balaban J connectivity index is 1.93. The summed E-state index contributed by atoms with van der Waals surface area (Å²) < 4.78 is 14.2. The highest BCUT2D eigenvalue weighted by atomic mass is 79.9. The zero-order chi connectivity index (χ0) is 21.3. The van der Waals surface area contributed by atoms with Crippen molar-refractivity contribution >= 4 is 15.9 Å². The Morgan fingerprint density at radius 1 is 1.37 bits per heavy atom. The average Bonchev–Trinajstić information content (AvgIpc) is 3.24. The van der Waals surface area contributed by atoms with Crippen molar-refractivity contribution in [2.24, 2.45) is 5.73 Å². The largest absolute Gasteiger partial charge is 0.440 e. The summed E-state index contributed by atoms with van der Waals surface area (Å²) in [7, 11) is 0. The van der Waals surface area contributed by atoms with Gasteiger partial charge in [-0.1, -0.05) is 47.5 Å². The highest BCUT2D eigenvalue weighted by Crippen LogP contribution is 2.42. The standard InChI is InChI=1S/C23H24BrN3O3/c1-2-6-14-11-19-21(23(28)27(14)13-15-7-5-10-29-15)20(17(12-25)22(26)30-19)16-8-3-4-9-18(16)24/h3-4,8-9,11,15,20H,2,5-7,10,13,26H2,1H3. The van der Waals surface area contributed by atoms with Crippen molar-refractivity contribution in [3.8, 4) is 11.8 Å². The summed E-state index contributed by atoms with van der Waals surface area (Å²) in [6.45, 7) is 3.31. The van der Waals surface area contributed by atoms with E-state index >= 15 is 0 Å². The Morgan fingerprint density at radius 3 is 2.83 bits per heavy atom. The van der Waals surface area contributed by atoms with Crippen LogP contribution in [-0.2, 0) is 17.7 Å². The Labute approximate surface area is 184 Å². The van der Waals surface area contributed by atoms with Gasteiger partial charge in [0.2, 0.25) is 5.88 Å². The van der Waals surface area contributed by atoms with Crippen LogP contribution < -0.4 is 16.0 Å². The van der Waals surface area contributed by atoms with E-state index in [4.69, 9.17) is 15.2 Å². The zero-order valence-corrected chi connectivity index (χ0v) is 18.4. The lowest BCUT2D eigenvalue weighted by Crippen LogP contribution is -2.35. The minimum atomic E-state index is -0.590. The normalized spacial score (nSPS) is 20.6. The van der Waals surface area contributed by atoms with Gasteiger partial charge in [0.15, 0.2) is 0 Å². The number of rotatable bonds is 5. The van der Waals surface area contributed by atoms with Gasteiger partial charge in [0.1, 0.15) is 17.4 Å². The lowest BCUT2D eigenvalue weighted by molar-refractivity contribution is 0.0952. The van der Waals surface area contributed by atoms with Crippen molar-refractivity contribution in [1.29, 1.82) is 5.26 Å². The number of fused-ring (bicyclic) bond motifs is 1. The molecule has 3 heterocycles. The molecule has 0 bridgehead atoms. The molecule has 1 saturated heterocycles. The van der Waals surface area contributed by atoms with Gasteiger partial charge in [0.25, 0.3) is 5.56 Å². The third-order valence-corrected chi connectivity index (χ3v) is 6.42. The van der Waals surface area contributed by atoms with Crippen molar-refractivity contribution in [2.45, 2.75) is 51.2 Å². The molecular weight excluding hydrogens is 446 g/mol. The first-order valence-corrected chi connectivity index (χ1v) is 11.0. The minimum absolute atomic E-state index is 0.0267. The number of hydrogen-bond donors (Lipinski definition) is 1. The molecule has 2 N–H and O–H groups in total. The molecule has 1 fully saturated rings. The van der Waals surface area contributed by atoms with Crippen LogP contribution in [0.4, 0.5) is 0 Å². The first kappa shape index (κ1) is 20.7. The van der Waals surface area contributed by atoms with E-state index in [0.29, 0.717) is 17.9 Å². The van der Waals surface area contributed by atoms with Crippen LogP contribution in [0.2, 0.25) is 0 Å². The summed E-state index contributed by atoms with van der Waals surface area (Å²) in [6, 6.07) is 11.6. The third kappa shape index (κ3) is 3.66. The fraction of sp³-hybridized carbons (Fsp3) is 0.391. The maximum absolute atomic E-state index is 13.8. The number of aromatic nitrogens is 1. The summed E-state index contributed by atoms with van der Waals surface area (Å²) in [5, 5.41) is 9.83. The lowest BCUT2D eigenvalue weighted by Gasteiger charge is -2.28. The molecule has 0 saturated carbocycles. The number of nitriles is 1. The summed E-state index contributed by atoms with van der Waals surface area (Å²) in [6.07, 6.45) is 3.61. The Hall–Kier alpha value is -2.56. The second-order valence-electron chi connectivity index (χ2n) is 7.66. The Bertz CT molecular complexity index is 1090. The lowest BCUT2D eigenvalue weighted by atomic mass is 9.84. The predicted octanol–water partition coefficient (Wildman–Crippen LogP) is 3.96. The number of ether oxygens (including phenoxy) is 2. The van der Waals surface area contributed by atoms with E-state index in [9.17, 15) is 10.1 Å². The van der Waals surface area contributed by atoms with Crippen molar-refractivity contribution in [1.82, 2.24) is 4.57 Å². The van der Waals surface area contributed by atoms with E-state index in [2.05, 4.69) is 28.9 Å². The van der Waals surface area contributed by atoms with Crippen LogP contribution in [0.1, 0.15) is 48.9 Å². The van der Waals surface area contributed by atoms with Gasteiger partial charge in [-0.2, -0.15) is 5.26 Å². The van der Waals surface area contributed by atoms with Crippen molar-refractivity contribution < 1.29 is 9.47 Å². The topological polar surface area (TPSA) is 90.3 Å². The van der Waals surface area contributed by atoms with Gasteiger partial charge in [-0.15, -0.1) is 0 Å². The van der Waals surface area contributed by atoms with Crippen LogP contribution in [0.3, 0.4) is 0 Å². The second kappa shape index (κ2) is 8.66. The molecule has 4 rings (SSSR count). The number of allylic oxidation sites excluding steroid dienone is 1. The van der Waals surface area contributed by atoms with E-state index in [-0.39, 0.29) is 23.1 Å². The van der Waals surface area contributed by atoms with Crippen molar-refractivity contribution in [3.63, 3.8) is 0 Å². The van der Waals surface area contributed by atoms with Crippen LogP contribution >= 0.6 is 15.9 Å². The molecule has 2 aliphatic rings. The zero-order valence-electron chi connectivity index (χ0n) is 16.9. The van der Waals surface area contributed by atoms with E-state index in [1.807, 2.05) is 34.9 Å². The van der Waals surface area contributed by atoms with Gasteiger partial charge in [-0.25, -0.2) is 0 Å². The average molecular weight is 470 g/mol. The summed E-state index contributed by atoms with van der Waals surface area (Å²) in [4.78, 5) is 13.8. The molecule has 156 valence electrons. The number of nitrogens with zero attached hydrogens (tertiary/aromatic N) is 2. The van der Waals surface area contributed by atoms with Gasteiger partial charge >= 0.3 is 0 Å². The van der Waals surface area contributed by atoms with Gasteiger partial charge in [-0.3, -0.25) is 4.79 Å². The molecule has 0 radical (unpaired) electrons. The fourth-order valence-corrected chi connectivity index (χ4v) is 4.81. The Morgan fingerprint density at radius 2 is 2.17 bits per heavy atom. The van der Waals surface area contributed by atoms with Gasteiger partial charge < -0.3 is 19.8 Å². The van der Waals surface area contributed by atoms with Crippen LogP contribution in [0.5, 0.6) is 5.75 Å². The van der Waals surface area contributed by atoms with Crippen molar-refractivity contribution in [3.05, 3.63) is 73.4 Å². The van der Waals surface area contributed by atoms with E-state index < -0.39 is 5.92 Å². The smallest absolute Gasteiger partial charge is 0.258 e. The number of hydrogen-bond acceptors (Lipinski definition) is 5. The number of aryl methyl sites for hydroxylation is 1. The first-order chi connectivity index (χ1) is 14.5. The van der Waals surface area contributed by atoms with Gasteiger partial charge in [0, 0.05) is 22.8 Å². The maximum atomic E-state index is 13.8. The summed E-state index contributed by atoms with van der Waals surface area (Å²) in [5.74, 6) is -0.109. The summed E-state index contributed by atoms with van der Waals surface area (Å²) in [5.41, 5.74) is 8.38. The van der Waals surface area contributed by atoms with Gasteiger partial charge in [0.05, 0.1) is 24.1 Å². The van der Waals surface area contributed by atoms with Crippen LogP contribution in [0.15, 0.2) is 51.1 Å². The molecule has 1 aromatic heterocycles. The van der Waals surface area contributed by atoms with E-state index in [1.54, 1.807) is 0 Å². The van der Waals surface area contributed by atoms with Crippen LogP contribution in [-0.4, -0.2) is 17.3 Å². The molecular formula is C23H24BrN3O3. The number of nitrogens with two attached hydrogens (primary N) is 1. The second-order valence-corrected chi connectivity index (χ2v) is 8.52. The van der Waals surface area contributed by atoms with Crippen LogP contribution in [0.25, 0.3) is 0 Å². The Kier molecular flexibility index (Phi) is 5.98.